The number of para-hydroxylation sites is 1. The number of ether oxygens (including phenoxy) is 2. The van der Waals surface area contributed by atoms with Crippen LogP contribution in [0.3, 0.4) is 0 Å². The number of nitrogens with zero attached hydrogens (tertiary/aromatic N) is 1. The topological polar surface area (TPSA) is 55.8 Å². The Bertz CT molecular complexity index is 778. The number of esters is 1. The largest absolute Gasteiger partial charge is 0.496 e. The predicted molar refractivity (Wildman–Crippen MR) is 103 cm³/mol. The van der Waals surface area contributed by atoms with E-state index in [-0.39, 0.29) is 11.9 Å². The number of rotatable bonds is 7. The molecular weight excluding hydrogens is 350 g/mol. The molecule has 0 radical (unpaired) electrons. The van der Waals surface area contributed by atoms with Gasteiger partial charge in [-0.15, -0.1) is 11.8 Å². The molecule has 0 aliphatic heterocycles. The van der Waals surface area contributed by atoms with Gasteiger partial charge < -0.3 is 14.4 Å². The molecule has 1 atom stereocenters. The fourth-order valence-corrected chi connectivity index (χ4v) is 3.53. The van der Waals surface area contributed by atoms with Gasteiger partial charge in [-0.25, -0.2) is 0 Å². The smallest absolute Gasteiger partial charge is 0.318 e. The van der Waals surface area contributed by atoms with Crippen LogP contribution < -0.4 is 4.74 Å². The highest BCUT2D eigenvalue weighted by Crippen LogP contribution is 2.29. The molecule has 0 aliphatic rings. The molecule has 0 heterocycles. The minimum atomic E-state index is -0.395. The standard InChI is InChI=1S/C20H23NO4S/c1-14(20(23)25-4)26-18-12-8-6-10-16(18)19(22)21(2)13-15-9-5-7-11-17(15)24-3/h5-12,14H,13H2,1-4H3. The predicted octanol–water partition coefficient (Wildman–Crippen LogP) is 3.62. The Labute approximate surface area is 158 Å². The molecule has 1 unspecified atom stereocenters. The second-order valence-corrected chi connectivity index (χ2v) is 7.14. The maximum absolute atomic E-state index is 12.9. The van der Waals surface area contributed by atoms with Crippen LogP contribution in [-0.2, 0) is 16.1 Å². The van der Waals surface area contributed by atoms with Crippen LogP contribution in [0.2, 0.25) is 0 Å². The summed E-state index contributed by atoms with van der Waals surface area (Å²) in [5, 5.41) is -0.395. The van der Waals surface area contributed by atoms with Crippen molar-refractivity contribution in [3.8, 4) is 5.75 Å². The summed E-state index contributed by atoms with van der Waals surface area (Å²) in [6.45, 7) is 2.19. The number of hydrogen-bond donors (Lipinski definition) is 0. The molecular formula is C20H23NO4S. The highest BCUT2D eigenvalue weighted by atomic mass is 32.2. The Morgan fingerprint density at radius 1 is 1.08 bits per heavy atom. The molecule has 6 heteroatoms. The van der Waals surface area contributed by atoms with E-state index in [4.69, 9.17) is 9.47 Å². The molecule has 2 aromatic carbocycles. The maximum Gasteiger partial charge on any atom is 0.318 e. The molecule has 0 spiro atoms. The van der Waals surface area contributed by atoms with Crippen LogP contribution in [0.1, 0.15) is 22.8 Å². The summed E-state index contributed by atoms with van der Waals surface area (Å²) in [7, 11) is 4.72. The first-order valence-corrected chi connectivity index (χ1v) is 9.06. The second-order valence-electron chi connectivity index (χ2n) is 5.75. The molecule has 0 aromatic heterocycles. The SMILES string of the molecule is COC(=O)C(C)Sc1ccccc1C(=O)N(C)Cc1ccccc1OC. The van der Waals surface area contributed by atoms with Crippen LogP contribution in [0.15, 0.2) is 53.4 Å². The lowest BCUT2D eigenvalue weighted by molar-refractivity contribution is -0.139. The van der Waals surface area contributed by atoms with Crippen molar-refractivity contribution in [1.29, 1.82) is 0 Å². The molecule has 0 fully saturated rings. The van der Waals surface area contributed by atoms with Gasteiger partial charge in [-0.05, 0) is 25.1 Å². The second kappa shape index (κ2) is 9.29. The number of hydrogen-bond acceptors (Lipinski definition) is 5. The lowest BCUT2D eigenvalue weighted by Crippen LogP contribution is -2.27. The summed E-state index contributed by atoms with van der Waals surface area (Å²) >= 11 is 1.32. The molecule has 0 saturated carbocycles. The van der Waals surface area contributed by atoms with E-state index in [1.165, 1.54) is 18.9 Å². The monoisotopic (exact) mass is 373 g/mol. The zero-order chi connectivity index (χ0) is 19.1. The first-order valence-electron chi connectivity index (χ1n) is 8.18. The van der Waals surface area contributed by atoms with Crippen LogP contribution in [0.25, 0.3) is 0 Å². The van der Waals surface area contributed by atoms with Gasteiger partial charge in [-0.3, -0.25) is 9.59 Å². The molecule has 0 saturated heterocycles. The fraction of sp³-hybridized carbons (Fsp3) is 0.300. The van der Waals surface area contributed by atoms with Crippen molar-refractivity contribution in [2.45, 2.75) is 23.6 Å². The number of benzene rings is 2. The Morgan fingerprint density at radius 3 is 2.42 bits per heavy atom. The molecule has 5 nitrogen and oxygen atoms in total. The van der Waals surface area contributed by atoms with Crippen LogP contribution in [0, 0.1) is 0 Å². The van der Waals surface area contributed by atoms with Gasteiger partial charge in [0.15, 0.2) is 0 Å². The molecule has 0 N–H and O–H groups in total. The molecule has 2 aromatic rings. The van der Waals surface area contributed by atoms with E-state index in [1.54, 1.807) is 32.0 Å². The van der Waals surface area contributed by atoms with Crippen molar-refractivity contribution in [3.05, 3.63) is 59.7 Å². The van der Waals surface area contributed by atoms with Crippen molar-refractivity contribution in [2.24, 2.45) is 0 Å². The summed E-state index contributed by atoms with van der Waals surface area (Å²) in [5.41, 5.74) is 1.49. The van der Waals surface area contributed by atoms with E-state index in [9.17, 15) is 9.59 Å². The van der Waals surface area contributed by atoms with Crippen molar-refractivity contribution in [2.75, 3.05) is 21.3 Å². The van der Waals surface area contributed by atoms with Crippen molar-refractivity contribution in [1.82, 2.24) is 4.90 Å². The van der Waals surface area contributed by atoms with Crippen LogP contribution in [0.5, 0.6) is 5.75 Å². The lowest BCUT2D eigenvalue weighted by atomic mass is 10.1. The lowest BCUT2D eigenvalue weighted by Gasteiger charge is -2.21. The summed E-state index contributed by atoms with van der Waals surface area (Å²) in [6.07, 6.45) is 0. The van der Waals surface area contributed by atoms with Crippen molar-refractivity contribution >= 4 is 23.6 Å². The summed E-state index contributed by atoms with van der Waals surface area (Å²) < 4.78 is 10.1. The first-order chi connectivity index (χ1) is 12.5. The van der Waals surface area contributed by atoms with E-state index < -0.39 is 5.25 Å². The zero-order valence-electron chi connectivity index (χ0n) is 15.4. The Balaban J connectivity index is 2.19. The molecule has 1 amide bonds. The Hall–Kier alpha value is -2.47. The minimum Gasteiger partial charge on any atom is -0.496 e. The quantitative estimate of drug-likeness (QED) is 0.548. The third-order valence-electron chi connectivity index (χ3n) is 3.90. The van der Waals surface area contributed by atoms with Gasteiger partial charge in [-0.1, -0.05) is 30.3 Å². The normalized spacial score (nSPS) is 11.5. The van der Waals surface area contributed by atoms with Gasteiger partial charge in [0.05, 0.1) is 19.8 Å². The average Bonchev–Trinajstić information content (AvgIpc) is 2.67. The Morgan fingerprint density at radius 2 is 1.73 bits per heavy atom. The summed E-state index contributed by atoms with van der Waals surface area (Å²) in [4.78, 5) is 27.0. The number of carbonyl (C=O) groups is 2. The number of methoxy groups -OCH3 is 2. The number of amides is 1. The van der Waals surface area contributed by atoms with Crippen LogP contribution in [-0.4, -0.2) is 43.3 Å². The van der Waals surface area contributed by atoms with E-state index in [0.717, 1.165) is 16.2 Å². The van der Waals surface area contributed by atoms with Gasteiger partial charge in [0.1, 0.15) is 11.0 Å². The highest BCUT2D eigenvalue weighted by Gasteiger charge is 2.21. The van der Waals surface area contributed by atoms with Gasteiger partial charge in [0.2, 0.25) is 0 Å². The van der Waals surface area contributed by atoms with E-state index >= 15 is 0 Å². The third kappa shape index (κ3) is 4.79. The van der Waals surface area contributed by atoms with E-state index in [0.29, 0.717) is 12.1 Å². The van der Waals surface area contributed by atoms with Crippen molar-refractivity contribution < 1.29 is 19.1 Å². The molecule has 2 rings (SSSR count). The van der Waals surface area contributed by atoms with Gasteiger partial charge in [0.25, 0.3) is 5.91 Å². The van der Waals surface area contributed by atoms with Crippen molar-refractivity contribution in [3.63, 3.8) is 0 Å². The van der Waals surface area contributed by atoms with E-state index in [1.807, 2.05) is 42.5 Å². The number of carbonyl (C=O) groups excluding carboxylic acids is 2. The number of thioether (sulfide) groups is 1. The molecule has 138 valence electrons. The van der Waals surface area contributed by atoms with Crippen LogP contribution in [0.4, 0.5) is 0 Å². The third-order valence-corrected chi connectivity index (χ3v) is 5.06. The van der Waals surface area contributed by atoms with Crippen LogP contribution >= 0.6 is 11.8 Å². The van der Waals surface area contributed by atoms with E-state index in [2.05, 4.69) is 0 Å². The maximum atomic E-state index is 12.9. The van der Waals surface area contributed by atoms with Gasteiger partial charge >= 0.3 is 5.97 Å². The van der Waals surface area contributed by atoms with Gasteiger partial charge in [0, 0.05) is 24.1 Å². The zero-order valence-corrected chi connectivity index (χ0v) is 16.2. The molecule has 26 heavy (non-hydrogen) atoms. The minimum absolute atomic E-state index is 0.115. The van der Waals surface area contributed by atoms with Gasteiger partial charge in [-0.2, -0.15) is 0 Å². The summed E-state index contributed by atoms with van der Waals surface area (Å²) in [6, 6.07) is 14.9. The molecule has 0 bridgehead atoms. The average molecular weight is 373 g/mol. The fourth-order valence-electron chi connectivity index (χ4n) is 2.52. The Kier molecular flexibility index (Phi) is 7.09. The first kappa shape index (κ1) is 19.8. The summed E-state index contributed by atoms with van der Waals surface area (Å²) in [5.74, 6) is 0.310. The molecule has 0 aliphatic carbocycles. The highest BCUT2D eigenvalue weighted by molar-refractivity contribution is 8.00.